The van der Waals surface area contributed by atoms with Gasteiger partial charge in [0.1, 0.15) is 12.7 Å². The molecule has 204 valence electrons. The fourth-order valence-electron chi connectivity index (χ4n) is 8.83. The van der Waals surface area contributed by atoms with Crippen LogP contribution in [0.15, 0.2) is 0 Å². The first-order valence-corrected chi connectivity index (χ1v) is 13.3. The van der Waals surface area contributed by atoms with Crippen LogP contribution in [0.3, 0.4) is 0 Å². The summed E-state index contributed by atoms with van der Waals surface area (Å²) in [6.45, 7) is 6.05. The van der Waals surface area contributed by atoms with Crippen molar-refractivity contribution >= 4 is 17.9 Å². The molecule has 0 aromatic heterocycles. The number of rotatable bonds is 6. The Morgan fingerprint density at radius 3 is 2.17 bits per heavy atom. The molecule has 4 rings (SSSR count). The van der Waals surface area contributed by atoms with Crippen molar-refractivity contribution in [1.29, 1.82) is 0 Å². The molecule has 0 spiro atoms. The average molecular weight is 511 g/mol. The minimum absolute atomic E-state index is 0.0676. The van der Waals surface area contributed by atoms with Crippen molar-refractivity contribution in [3.05, 3.63) is 0 Å². The van der Waals surface area contributed by atoms with E-state index in [4.69, 9.17) is 14.2 Å². The van der Waals surface area contributed by atoms with Crippen molar-refractivity contribution < 1.29 is 43.9 Å². The van der Waals surface area contributed by atoms with Gasteiger partial charge < -0.3 is 29.5 Å². The molecule has 0 aromatic rings. The fraction of sp³-hybridized carbons (Fsp3) is 0.889. The summed E-state index contributed by atoms with van der Waals surface area (Å²) in [4.78, 5) is 34.8. The van der Waals surface area contributed by atoms with Gasteiger partial charge in [-0.05, 0) is 69.1 Å². The number of aliphatic hydroxyl groups excluding tert-OH is 1. The summed E-state index contributed by atoms with van der Waals surface area (Å²) in [7, 11) is 0. The van der Waals surface area contributed by atoms with Gasteiger partial charge in [0.2, 0.25) is 0 Å². The average Bonchev–Trinajstić information content (AvgIpc) is 3.06. The van der Waals surface area contributed by atoms with Crippen molar-refractivity contribution in [1.82, 2.24) is 0 Å². The number of aliphatic hydroxyl groups is 3. The minimum atomic E-state index is -1.18. The molecule has 3 N–H and O–H groups in total. The Morgan fingerprint density at radius 1 is 0.861 bits per heavy atom. The zero-order valence-electron chi connectivity index (χ0n) is 22.0. The Labute approximate surface area is 212 Å². The molecule has 4 saturated carbocycles. The minimum Gasteiger partial charge on any atom is -0.465 e. The lowest BCUT2D eigenvalue weighted by Gasteiger charge is -2.66. The largest absolute Gasteiger partial charge is 0.465 e. The van der Waals surface area contributed by atoms with Crippen LogP contribution in [0.4, 0.5) is 0 Å². The van der Waals surface area contributed by atoms with E-state index >= 15 is 0 Å². The first-order chi connectivity index (χ1) is 16.8. The molecule has 9 atom stereocenters. The second-order valence-corrected chi connectivity index (χ2v) is 12.1. The molecule has 0 saturated heterocycles. The molecule has 9 heteroatoms. The van der Waals surface area contributed by atoms with Crippen molar-refractivity contribution in [2.45, 2.75) is 109 Å². The van der Waals surface area contributed by atoms with E-state index in [0.717, 1.165) is 0 Å². The Balaban J connectivity index is 1.64. The molecular weight excluding hydrogens is 468 g/mol. The van der Waals surface area contributed by atoms with Crippen LogP contribution in [0, 0.1) is 28.6 Å². The number of fused-ring (bicyclic) bond motifs is 5. The van der Waals surface area contributed by atoms with Crippen LogP contribution in [0.1, 0.15) is 85.5 Å². The lowest BCUT2D eigenvalue weighted by atomic mass is 9.41. The van der Waals surface area contributed by atoms with E-state index in [1.165, 1.54) is 20.8 Å². The van der Waals surface area contributed by atoms with E-state index in [1.54, 1.807) is 0 Å². The Bertz CT molecular complexity index is 890. The summed E-state index contributed by atoms with van der Waals surface area (Å²) >= 11 is 0. The monoisotopic (exact) mass is 510 g/mol. The van der Waals surface area contributed by atoms with Crippen LogP contribution in [-0.4, -0.2) is 69.9 Å². The lowest BCUT2D eigenvalue weighted by Crippen LogP contribution is -2.69. The molecule has 0 amide bonds. The fourth-order valence-corrected chi connectivity index (χ4v) is 8.83. The van der Waals surface area contributed by atoms with Gasteiger partial charge in [-0.2, -0.15) is 0 Å². The zero-order chi connectivity index (χ0) is 26.5. The third-order valence-electron chi connectivity index (χ3n) is 10.5. The molecule has 4 aliphatic carbocycles. The van der Waals surface area contributed by atoms with Gasteiger partial charge in [0.15, 0.2) is 0 Å². The van der Waals surface area contributed by atoms with E-state index < -0.39 is 46.2 Å². The number of hydrogen-bond donors (Lipinski definition) is 3. The van der Waals surface area contributed by atoms with Gasteiger partial charge in [-0.25, -0.2) is 0 Å². The van der Waals surface area contributed by atoms with Gasteiger partial charge in [0.25, 0.3) is 0 Å². The van der Waals surface area contributed by atoms with Gasteiger partial charge in [-0.1, -0.05) is 6.92 Å². The molecule has 0 unspecified atom stereocenters. The van der Waals surface area contributed by atoms with E-state index in [9.17, 15) is 29.7 Å². The quantitative estimate of drug-likeness (QED) is 0.363. The van der Waals surface area contributed by atoms with Gasteiger partial charge in [-0.15, -0.1) is 0 Å². The highest BCUT2D eigenvalue weighted by Gasteiger charge is 2.72. The Kier molecular flexibility index (Phi) is 7.25. The molecule has 0 aliphatic heterocycles. The second kappa shape index (κ2) is 9.55. The molecule has 0 bridgehead atoms. The smallest absolute Gasteiger partial charge is 0.302 e. The maximum Gasteiger partial charge on any atom is 0.302 e. The summed E-state index contributed by atoms with van der Waals surface area (Å²) in [6.07, 6.45) is 3.61. The number of carbonyl (C=O) groups excluding carboxylic acids is 3. The summed E-state index contributed by atoms with van der Waals surface area (Å²) in [6, 6.07) is 0. The van der Waals surface area contributed by atoms with Gasteiger partial charge >= 0.3 is 17.9 Å². The molecule has 9 nitrogen and oxygen atoms in total. The van der Waals surface area contributed by atoms with E-state index in [2.05, 4.69) is 0 Å². The first-order valence-electron chi connectivity index (χ1n) is 13.3. The summed E-state index contributed by atoms with van der Waals surface area (Å²) in [5.74, 6) is -1.67. The highest BCUT2D eigenvalue weighted by atomic mass is 16.5. The summed E-state index contributed by atoms with van der Waals surface area (Å²) in [5.41, 5.74) is -3.56. The lowest BCUT2D eigenvalue weighted by molar-refractivity contribution is -0.274. The number of ether oxygens (including phenoxy) is 3. The van der Waals surface area contributed by atoms with Crippen molar-refractivity contribution in [3.63, 3.8) is 0 Å². The predicted molar refractivity (Wildman–Crippen MR) is 127 cm³/mol. The van der Waals surface area contributed by atoms with Crippen LogP contribution < -0.4 is 0 Å². The highest BCUT2D eigenvalue weighted by molar-refractivity contribution is 5.66. The van der Waals surface area contributed by atoms with Crippen LogP contribution in [0.25, 0.3) is 0 Å². The van der Waals surface area contributed by atoms with E-state index in [0.29, 0.717) is 51.4 Å². The van der Waals surface area contributed by atoms with Gasteiger partial charge in [0.05, 0.1) is 23.9 Å². The van der Waals surface area contributed by atoms with Crippen molar-refractivity contribution in [2.24, 2.45) is 28.6 Å². The topological polar surface area (TPSA) is 140 Å². The Hall–Kier alpha value is -1.71. The SMILES string of the molecule is CC(=O)OC[C@H](O)[C@@H]1CC[C@]2(O)[C@H]3CC[C@@]4(O)C[C@@H](OC(C)=O)CC[C@]4(COC(C)=O)[C@@H]3CC[C@@]12C. The van der Waals surface area contributed by atoms with Crippen LogP contribution in [0.5, 0.6) is 0 Å². The van der Waals surface area contributed by atoms with Gasteiger partial charge in [-0.3, -0.25) is 14.4 Å². The van der Waals surface area contributed by atoms with E-state index in [1.807, 2.05) is 6.92 Å². The van der Waals surface area contributed by atoms with E-state index in [-0.39, 0.29) is 43.4 Å². The second-order valence-electron chi connectivity index (χ2n) is 12.1. The summed E-state index contributed by atoms with van der Waals surface area (Å²) < 4.78 is 16.1. The number of esters is 3. The molecule has 36 heavy (non-hydrogen) atoms. The third-order valence-corrected chi connectivity index (χ3v) is 10.5. The molecular formula is C27H42O9. The maximum absolute atomic E-state index is 12.3. The molecule has 0 heterocycles. The maximum atomic E-state index is 12.3. The predicted octanol–water partition coefficient (Wildman–Crippen LogP) is 2.27. The van der Waals surface area contributed by atoms with Crippen molar-refractivity contribution in [3.8, 4) is 0 Å². The number of hydrogen-bond acceptors (Lipinski definition) is 9. The standard InChI is InChI=1S/C27H42O9/c1-16(28)34-14-23(31)22-8-12-27(33)21-7-11-26(32)13-19(36-18(3)30)5-10-25(26,15-35-17(2)29)20(21)6-9-24(22,27)4/h19-23,31-33H,5-15H2,1-4H3/t19-,20+,21-,22-,23-,24-,25-,26+,27-/m0/s1. The molecule has 0 aromatic carbocycles. The van der Waals surface area contributed by atoms with Crippen LogP contribution >= 0.6 is 0 Å². The van der Waals surface area contributed by atoms with Crippen LogP contribution in [-0.2, 0) is 28.6 Å². The van der Waals surface area contributed by atoms with Gasteiger partial charge in [0, 0.05) is 38.0 Å². The van der Waals surface area contributed by atoms with Crippen LogP contribution in [0.2, 0.25) is 0 Å². The summed E-state index contributed by atoms with van der Waals surface area (Å²) in [5, 5.41) is 35.3. The third kappa shape index (κ3) is 4.25. The Morgan fingerprint density at radius 2 is 1.53 bits per heavy atom. The normalized spacial score (nSPS) is 44.4. The highest BCUT2D eigenvalue weighted by Crippen LogP contribution is 2.70. The van der Waals surface area contributed by atoms with Crippen molar-refractivity contribution in [2.75, 3.05) is 13.2 Å². The molecule has 4 fully saturated rings. The first kappa shape index (κ1) is 27.3. The molecule has 4 aliphatic rings. The number of carbonyl (C=O) groups is 3. The zero-order valence-corrected chi connectivity index (χ0v) is 22.0. The molecule has 0 radical (unpaired) electrons.